The minimum atomic E-state index is -0.101. The van der Waals surface area contributed by atoms with E-state index in [0.717, 1.165) is 10.9 Å². The fourth-order valence-electron chi connectivity index (χ4n) is 2.08. The normalized spacial score (nSPS) is 10.7. The second kappa shape index (κ2) is 5.35. The summed E-state index contributed by atoms with van der Waals surface area (Å²) in [6.07, 6.45) is 3.44. The van der Waals surface area contributed by atoms with Crippen LogP contribution in [0.4, 0.5) is 5.69 Å². The topological polar surface area (TPSA) is 46.9 Å². The Balaban J connectivity index is 1.74. The Labute approximate surface area is 121 Å². The molecule has 0 aliphatic carbocycles. The Kier molecular flexibility index (Phi) is 3.39. The van der Waals surface area contributed by atoms with E-state index in [-0.39, 0.29) is 12.5 Å². The van der Waals surface area contributed by atoms with Gasteiger partial charge >= 0.3 is 0 Å². The first-order chi connectivity index (χ1) is 9.72. The predicted molar refractivity (Wildman–Crippen MR) is 79.8 cm³/mol. The summed E-state index contributed by atoms with van der Waals surface area (Å²) in [4.78, 5) is 15.9. The third-order valence-corrected chi connectivity index (χ3v) is 3.23. The Morgan fingerprint density at radius 1 is 1.20 bits per heavy atom. The molecule has 0 saturated carbocycles. The molecule has 0 atom stereocenters. The summed E-state index contributed by atoms with van der Waals surface area (Å²) in [6, 6.07) is 13.3. The van der Waals surface area contributed by atoms with Crippen molar-refractivity contribution in [3.05, 3.63) is 60.0 Å². The van der Waals surface area contributed by atoms with Gasteiger partial charge in [-0.15, -0.1) is 0 Å². The first-order valence-electron chi connectivity index (χ1n) is 6.18. The zero-order chi connectivity index (χ0) is 13.9. The van der Waals surface area contributed by atoms with E-state index < -0.39 is 0 Å². The molecule has 0 radical (unpaired) electrons. The number of halogens is 1. The quantitative estimate of drug-likeness (QED) is 0.750. The molecule has 0 unspecified atom stereocenters. The third-order valence-electron chi connectivity index (χ3n) is 3.01. The Hall–Kier alpha value is -2.33. The predicted octanol–water partition coefficient (Wildman–Crippen LogP) is 3.33. The maximum Gasteiger partial charge on any atom is 0.244 e. The minimum Gasteiger partial charge on any atom is -0.338 e. The molecular weight excluding hydrogens is 274 g/mol. The van der Waals surface area contributed by atoms with E-state index in [1.807, 2.05) is 41.1 Å². The van der Waals surface area contributed by atoms with Gasteiger partial charge in [0, 0.05) is 11.7 Å². The lowest BCUT2D eigenvalue weighted by molar-refractivity contribution is -0.116. The van der Waals surface area contributed by atoms with Crippen molar-refractivity contribution in [3.8, 4) is 0 Å². The lowest BCUT2D eigenvalue weighted by atomic mass is 10.2. The van der Waals surface area contributed by atoms with Gasteiger partial charge in [-0.2, -0.15) is 0 Å². The number of aromatic nitrogens is 2. The van der Waals surface area contributed by atoms with Gasteiger partial charge in [0.2, 0.25) is 5.91 Å². The molecule has 1 amide bonds. The van der Waals surface area contributed by atoms with Crippen LogP contribution in [0.3, 0.4) is 0 Å². The number of hydrogen-bond donors (Lipinski definition) is 1. The van der Waals surface area contributed by atoms with Crippen LogP contribution in [0.15, 0.2) is 54.9 Å². The van der Waals surface area contributed by atoms with E-state index in [1.165, 1.54) is 6.20 Å². The molecule has 20 heavy (non-hydrogen) atoms. The van der Waals surface area contributed by atoms with Gasteiger partial charge < -0.3 is 9.88 Å². The van der Waals surface area contributed by atoms with Crippen LogP contribution >= 0.6 is 11.6 Å². The fourth-order valence-corrected chi connectivity index (χ4v) is 2.20. The first kappa shape index (κ1) is 12.7. The van der Waals surface area contributed by atoms with Crippen molar-refractivity contribution < 1.29 is 4.79 Å². The smallest absolute Gasteiger partial charge is 0.244 e. The number of anilines is 1. The molecule has 5 heteroatoms. The summed E-state index contributed by atoms with van der Waals surface area (Å²) in [6.45, 7) is 0.260. The molecule has 0 aliphatic heterocycles. The average molecular weight is 286 g/mol. The Morgan fingerprint density at radius 3 is 2.85 bits per heavy atom. The summed E-state index contributed by atoms with van der Waals surface area (Å²) < 4.78 is 1.91. The monoisotopic (exact) mass is 285 g/mol. The molecule has 3 aromatic rings. The Morgan fingerprint density at radius 2 is 2.05 bits per heavy atom. The number of carbonyl (C=O) groups is 1. The van der Waals surface area contributed by atoms with Gasteiger partial charge in [0.1, 0.15) is 11.7 Å². The molecule has 3 rings (SSSR count). The van der Waals surface area contributed by atoms with E-state index in [9.17, 15) is 4.79 Å². The van der Waals surface area contributed by atoms with Crippen LogP contribution in [0.2, 0.25) is 5.15 Å². The van der Waals surface area contributed by atoms with E-state index in [1.54, 1.807) is 12.1 Å². The third kappa shape index (κ3) is 2.65. The number of para-hydroxylation sites is 1. The number of amides is 1. The molecular formula is C15H12ClN3O. The number of hydrogen-bond acceptors (Lipinski definition) is 2. The SMILES string of the molecule is O=C(Cn1ccc2ccccc21)Nc1ccc(Cl)nc1. The maximum atomic E-state index is 12.0. The van der Waals surface area contributed by atoms with Crippen molar-refractivity contribution in [2.45, 2.75) is 6.54 Å². The van der Waals surface area contributed by atoms with Crippen LogP contribution in [-0.2, 0) is 11.3 Å². The van der Waals surface area contributed by atoms with Crippen molar-refractivity contribution in [2.75, 3.05) is 5.32 Å². The summed E-state index contributed by atoms with van der Waals surface area (Å²) in [7, 11) is 0. The molecule has 0 fully saturated rings. The van der Waals surface area contributed by atoms with Gasteiger partial charge in [0.25, 0.3) is 0 Å². The second-order valence-corrected chi connectivity index (χ2v) is 4.81. The van der Waals surface area contributed by atoms with Gasteiger partial charge in [-0.3, -0.25) is 4.79 Å². The number of nitrogens with one attached hydrogen (secondary N) is 1. The summed E-state index contributed by atoms with van der Waals surface area (Å²) >= 11 is 5.70. The van der Waals surface area contributed by atoms with Crippen molar-refractivity contribution in [1.82, 2.24) is 9.55 Å². The zero-order valence-electron chi connectivity index (χ0n) is 10.6. The first-order valence-corrected chi connectivity index (χ1v) is 6.55. The van der Waals surface area contributed by atoms with Gasteiger partial charge in [-0.05, 0) is 29.7 Å². The van der Waals surface area contributed by atoms with E-state index in [4.69, 9.17) is 11.6 Å². The number of carbonyl (C=O) groups excluding carboxylic acids is 1. The number of nitrogens with zero attached hydrogens (tertiary/aromatic N) is 2. The standard InChI is InChI=1S/C15H12ClN3O/c16-14-6-5-12(9-17-14)18-15(20)10-19-8-7-11-3-1-2-4-13(11)19/h1-9H,10H2,(H,18,20). The largest absolute Gasteiger partial charge is 0.338 e. The van der Waals surface area contributed by atoms with Crippen LogP contribution in [0, 0.1) is 0 Å². The van der Waals surface area contributed by atoms with Crippen LogP contribution in [0.25, 0.3) is 10.9 Å². The highest BCUT2D eigenvalue weighted by atomic mass is 35.5. The van der Waals surface area contributed by atoms with Gasteiger partial charge in [-0.1, -0.05) is 29.8 Å². The number of pyridine rings is 1. The molecule has 4 nitrogen and oxygen atoms in total. The van der Waals surface area contributed by atoms with Gasteiger partial charge in [0.15, 0.2) is 0 Å². The Bertz CT molecular complexity index is 749. The van der Waals surface area contributed by atoms with E-state index in [0.29, 0.717) is 10.8 Å². The van der Waals surface area contributed by atoms with Crippen LogP contribution in [0.1, 0.15) is 0 Å². The molecule has 0 aliphatic rings. The summed E-state index contributed by atoms with van der Waals surface area (Å²) in [5, 5.41) is 4.31. The minimum absolute atomic E-state index is 0.101. The van der Waals surface area contributed by atoms with Crippen molar-refractivity contribution in [1.29, 1.82) is 0 Å². The molecule has 0 spiro atoms. The maximum absolute atomic E-state index is 12.0. The number of benzene rings is 1. The molecule has 1 aromatic carbocycles. The van der Waals surface area contributed by atoms with Crippen LogP contribution in [-0.4, -0.2) is 15.5 Å². The molecule has 1 N–H and O–H groups in total. The van der Waals surface area contributed by atoms with Crippen LogP contribution in [0.5, 0.6) is 0 Å². The highest BCUT2D eigenvalue weighted by Crippen LogP contribution is 2.15. The van der Waals surface area contributed by atoms with Crippen molar-refractivity contribution >= 4 is 34.1 Å². The highest BCUT2D eigenvalue weighted by molar-refractivity contribution is 6.29. The fraction of sp³-hybridized carbons (Fsp3) is 0.0667. The lowest BCUT2D eigenvalue weighted by Gasteiger charge is -2.07. The highest BCUT2D eigenvalue weighted by Gasteiger charge is 2.06. The van der Waals surface area contributed by atoms with Crippen molar-refractivity contribution in [3.63, 3.8) is 0 Å². The molecule has 2 heterocycles. The second-order valence-electron chi connectivity index (χ2n) is 4.42. The molecule has 2 aromatic heterocycles. The molecule has 0 bridgehead atoms. The molecule has 0 saturated heterocycles. The van der Waals surface area contributed by atoms with Crippen LogP contribution < -0.4 is 5.32 Å². The summed E-state index contributed by atoms with van der Waals surface area (Å²) in [5.41, 5.74) is 1.67. The van der Waals surface area contributed by atoms with Crippen molar-refractivity contribution in [2.24, 2.45) is 0 Å². The number of rotatable bonds is 3. The zero-order valence-corrected chi connectivity index (χ0v) is 11.3. The summed E-state index contributed by atoms with van der Waals surface area (Å²) in [5.74, 6) is -0.101. The lowest BCUT2D eigenvalue weighted by Crippen LogP contribution is -2.18. The average Bonchev–Trinajstić information content (AvgIpc) is 2.85. The van der Waals surface area contributed by atoms with E-state index in [2.05, 4.69) is 10.3 Å². The number of fused-ring (bicyclic) bond motifs is 1. The van der Waals surface area contributed by atoms with Gasteiger partial charge in [-0.25, -0.2) is 4.98 Å². The van der Waals surface area contributed by atoms with Gasteiger partial charge in [0.05, 0.1) is 11.9 Å². The molecule has 100 valence electrons. The van der Waals surface area contributed by atoms with E-state index >= 15 is 0 Å².